The smallest absolute Gasteiger partial charge is 0.410 e. The maximum Gasteiger partial charge on any atom is 0.410 e. The molecule has 8 nitrogen and oxygen atoms in total. The molecule has 5 rings (SSSR count). The molecule has 1 saturated carbocycles. The Hall–Kier alpha value is -3.29. The molecule has 0 unspecified atom stereocenters. The summed E-state index contributed by atoms with van der Waals surface area (Å²) in [4.78, 5) is 32.3. The second-order valence-corrected chi connectivity index (χ2v) is 9.86. The zero-order valence-electron chi connectivity index (χ0n) is 20.3. The highest BCUT2D eigenvalue weighted by Gasteiger charge is 2.43. The molecule has 3 aliphatic rings. The van der Waals surface area contributed by atoms with Gasteiger partial charge in [0, 0.05) is 31.7 Å². The number of piperidine rings is 1. The van der Waals surface area contributed by atoms with Crippen LogP contribution in [-0.4, -0.2) is 54.8 Å². The number of pyridine rings is 1. The number of carbonyl (C=O) groups excluding carboxylic acids is 2. The first-order valence-electron chi connectivity index (χ1n) is 12.7. The molecule has 1 aromatic carbocycles. The van der Waals surface area contributed by atoms with Crippen molar-refractivity contribution in [3.63, 3.8) is 0 Å². The van der Waals surface area contributed by atoms with Gasteiger partial charge in [-0.05, 0) is 62.0 Å². The van der Waals surface area contributed by atoms with Crippen molar-refractivity contribution in [1.29, 1.82) is 0 Å². The molecule has 1 N–H and O–H groups in total. The van der Waals surface area contributed by atoms with Crippen molar-refractivity contribution < 1.29 is 19.1 Å². The number of aryl methyl sites for hydroxylation is 1. The van der Waals surface area contributed by atoms with Gasteiger partial charge in [-0.1, -0.05) is 30.3 Å². The number of anilines is 1. The van der Waals surface area contributed by atoms with E-state index in [-0.39, 0.29) is 12.1 Å². The summed E-state index contributed by atoms with van der Waals surface area (Å²) in [7, 11) is 0. The predicted molar refractivity (Wildman–Crippen MR) is 132 cm³/mol. The van der Waals surface area contributed by atoms with Crippen LogP contribution in [-0.2, 0) is 11.3 Å². The lowest BCUT2D eigenvalue weighted by Crippen LogP contribution is -2.39. The Bertz CT molecular complexity index is 1040. The van der Waals surface area contributed by atoms with E-state index in [0.29, 0.717) is 44.0 Å². The molecule has 3 heterocycles. The molecule has 3 amide bonds. The van der Waals surface area contributed by atoms with Crippen LogP contribution < -0.4 is 15.0 Å². The third-order valence-corrected chi connectivity index (χ3v) is 7.50. The summed E-state index contributed by atoms with van der Waals surface area (Å²) in [5.41, 5.74) is 2.77. The van der Waals surface area contributed by atoms with Crippen LogP contribution in [0.5, 0.6) is 5.88 Å². The number of aromatic nitrogens is 1. The minimum absolute atomic E-state index is 0.0745. The van der Waals surface area contributed by atoms with Gasteiger partial charge in [-0.3, -0.25) is 4.90 Å². The topological polar surface area (TPSA) is 84.0 Å². The first-order chi connectivity index (χ1) is 17.1. The molecular weight excluding hydrogens is 444 g/mol. The number of nitrogens with one attached hydrogen (secondary N) is 1. The number of benzene rings is 1. The van der Waals surface area contributed by atoms with Crippen molar-refractivity contribution in [1.82, 2.24) is 15.2 Å². The van der Waals surface area contributed by atoms with E-state index in [0.717, 1.165) is 55.1 Å². The van der Waals surface area contributed by atoms with Gasteiger partial charge < -0.3 is 19.7 Å². The van der Waals surface area contributed by atoms with E-state index in [1.807, 2.05) is 48.2 Å². The highest BCUT2D eigenvalue weighted by molar-refractivity contribution is 5.93. The van der Waals surface area contributed by atoms with Crippen LogP contribution in [0.3, 0.4) is 0 Å². The van der Waals surface area contributed by atoms with Crippen molar-refractivity contribution >= 4 is 17.8 Å². The highest BCUT2D eigenvalue weighted by Crippen LogP contribution is 2.49. The Balaban J connectivity index is 1.00. The number of rotatable bonds is 8. The SMILES string of the molecule is Cc1cc(N2CCNC2=O)cnc1OCC[C@@H]1C[C@@H]1C1CCN(C(=O)OCc2ccccc2)CC1. The van der Waals surface area contributed by atoms with Crippen LogP contribution >= 0.6 is 0 Å². The average molecular weight is 479 g/mol. The first kappa shape index (κ1) is 23.5. The Kier molecular flexibility index (Phi) is 7.06. The van der Waals surface area contributed by atoms with Crippen molar-refractivity contribution in [3.05, 3.63) is 53.7 Å². The lowest BCUT2D eigenvalue weighted by Gasteiger charge is -2.31. The quantitative estimate of drug-likeness (QED) is 0.609. The molecule has 8 heteroatoms. The van der Waals surface area contributed by atoms with E-state index < -0.39 is 0 Å². The third kappa shape index (κ3) is 5.69. The van der Waals surface area contributed by atoms with Gasteiger partial charge in [0.15, 0.2) is 0 Å². The maximum absolute atomic E-state index is 12.4. The normalized spacial score (nSPS) is 22.1. The third-order valence-electron chi connectivity index (χ3n) is 7.50. The number of ether oxygens (including phenoxy) is 2. The zero-order valence-corrected chi connectivity index (χ0v) is 20.3. The lowest BCUT2D eigenvalue weighted by molar-refractivity contribution is 0.0796. The molecule has 2 atom stereocenters. The summed E-state index contributed by atoms with van der Waals surface area (Å²) in [6, 6.07) is 11.7. The van der Waals surface area contributed by atoms with Crippen LogP contribution in [0.25, 0.3) is 0 Å². The monoisotopic (exact) mass is 478 g/mol. The van der Waals surface area contributed by atoms with Crippen molar-refractivity contribution in [3.8, 4) is 5.88 Å². The molecule has 0 radical (unpaired) electrons. The van der Waals surface area contributed by atoms with Gasteiger partial charge in [0.25, 0.3) is 0 Å². The molecule has 2 aliphatic heterocycles. The fourth-order valence-electron chi connectivity index (χ4n) is 5.37. The molecular formula is C27H34N4O4. The highest BCUT2D eigenvalue weighted by atomic mass is 16.6. The molecule has 0 bridgehead atoms. The molecule has 2 aromatic rings. The van der Waals surface area contributed by atoms with Crippen LogP contribution in [0.4, 0.5) is 15.3 Å². The fourth-order valence-corrected chi connectivity index (χ4v) is 5.37. The molecule has 1 aromatic heterocycles. The minimum Gasteiger partial charge on any atom is -0.477 e. The summed E-state index contributed by atoms with van der Waals surface area (Å²) >= 11 is 0. The minimum atomic E-state index is -0.202. The molecule has 2 saturated heterocycles. The number of hydrogen-bond donors (Lipinski definition) is 1. The van der Waals surface area contributed by atoms with E-state index in [1.54, 1.807) is 11.1 Å². The van der Waals surface area contributed by atoms with Crippen LogP contribution in [0.2, 0.25) is 0 Å². The Labute approximate surface area is 206 Å². The molecule has 1 aliphatic carbocycles. The van der Waals surface area contributed by atoms with Crippen molar-refractivity contribution in [2.75, 3.05) is 37.7 Å². The standard InChI is InChI=1S/C27H34N4O4/c1-19-15-23(31-13-10-28-26(31)32)17-29-25(19)34-14-9-22-16-24(22)21-7-11-30(12-8-21)27(33)35-18-20-5-3-2-4-6-20/h2-6,15,17,21-22,24H,7-14,16,18H2,1H3,(H,28,32)/t22-,24-/m1/s1. The van der Waals surface area contributed by atoms with E-state index >= 15 is 0 Å². The van der Waals surface area contributed by atoms with Gasteiger partial charge in [0.1, 0.15) is 6.61 Å². The summed E-state index contributed by atoms with van der Waals surface area (Å²) < 4.78 is 11.5. The summed E-state index contributed by atoms with van der Waals surface area (Å²) in [6.45, 7) is 5.84. The first-order valence-corrected chi connectivity index (χ1v) is 12.7. The van der Waals surface area contributed by atoms with Gasteiger partial charge in [-0.15, -0.1) is 0 Å². The number of nitrogens with zero attached hydrogens (tertiary/aromatic N) is 3. The van der Waals surface area contributed by atoms with Crippen LogP contribution in [0.1, 0.15) is 36.8 Å². The number of hydrogen-bond acceptors (Lipinski definition) is 5. The van der Waals surface area contributed by atoms with Gasteiger partial charge in [-0.2, -0.15) is 0 Å². The Morgan fingerprint density at radius 3 is 2.69 bits per heavy atom. The number of amides is 3. The molecule has 35 heavy (non-hydrogen) atoms. The number of carbonyl (C=O) groups is 2. The van der Waals surface area contributed by atoms with Gasteiger partial charge in [0.2, 0.25) is 5.88 Å². The fraction of sp³-hybridized carbons (Fsp3) is 0.519. The van der Waals surface area contributed by atoms with E-state index in [1.165, 1.54) is 6.42 Å². The Morgan fingerprint density at radius 1 is 1.17 bits per heavy atom. The lowest BCUT2D eigenvalue weighted by atomic mass is 9.91. The second-order valence-electron chi connectivity index (χ2n) is 9.86. The van der Waals surface area contributed by atoms with E-state index in [4.69, 9.17) is 9.47 Å². The average Bonchev–Trinajstić information content (AvgIpc) is 3.53. The van der Waals surface area contributed by atoms with E-state index in [2.05, 4.69) is 10.3 Å². The van der Waals surface area contributed by atoms with Gasteiger partial charge in [-0.25, -0.2) is 14.6 Å². The van der Waals surface area contributed by atoms with Gasteiger partial charge in [0.05, 0.1) is 18.5 Å². The number of likely N-dealkylation sites (tertiary alicyclic amines) is 1. The summed E-state index contributed by atoms with van der Waals surface area (Å²) in [5.74, 6) is 2.77. The van der Waals surface area contributed by atoms with Crippen LogP contribution in [0.15, 0.2) is 42.6 Å². The molecule has 3 fully saturated rings. The van der Waals surface area contributed by atoms with Gasteiger partial charge >= 0.3 is 12.1 Å². The zero-order chi connectivity index (χ0) is 24.2. The number of urea groups is 1. The predicted octanol–water partition coefficient (Wildman–Crippen LogP) is 4.37. The summed E-state index contributed by atoms with van der Waals surface area (Å²) in [6.07, 6.45) is 5.89. The molecule has 0 spiro atoms. The molecule has 186 valence electrons. The summed E-state index contributed by atoms with van der Waals surface area (Å²) in [5, 5.41) is 2.81. The van der Waals surface area contributed by atoms with Crippen molar-refractivity contribution in [2.45, 2.75) is 39.2 Å². The van der Waals surface area contributed by atoms with Crippen LogP contribution in [0, 0.1) is 24.7 Å². The van der Waals surface area contributed by atoms with E-state index in [9.17, 15) is 9.59 Å². The second kappa shape index (κ2) is 10.5. The Morgan fingerprint density at radius 2 is 1.97 bits per heavy atom. The largest absolute Gasteiger partial charge is 0.477 e. The maximum atomic E-state index is 12.4. The van der Waals surface area contributed by atoms with Crippen molar-refractivity contribution in [2.24, 2.45) is 17.8 Å².